The second-order valence-corrected chi connectivity index (χ2v) is 6.38. The molecule has 4 heteroatoms. The van der Waals surface area contributed by atoms with E-state index in [1.807, 2.05) is 40.7 Å². The van der Waals surface area contributed by atoms with Gasteiger partial charge >= 0.3 is 11.9 Å². The number of esters is 1. The van der Waals surface area contributed by atoms with Gasteiger partial charge in [-0.05, 0) is 32.1 Å². The second kappa shape index (κ2) is 4.75. The summed E-state index contributed by atoms with van der Waals surface area (Å²) in [5.41, 5.74) is -0.623. The normalized spacial score (nSPS) is 26.1. The van der Waals surface area contributed by atoms with Crippen LogP contribution in [0.15, 0.2) is 12.2 Å². The van der Waals surface area contributed by atoms with Crippen LogP contribution in [0.3, 0.4) is 0 Å². The van der Waals surface area contributed by atoms with E-state index in [0.29, 0.717) is 0 Å². The molecule has 102 valence electrons. The van der Waals surface area contributed by atoms with Gasteiger partial charge in [0.25, 0.3) is 0 Å². The molecule has 0 aromatic carbocycles. The number of carboxylic acid groups (broad SMARTS) is 1. The van der Waals surface area contributed by atoms with Gasteiger partial charge in [0, 0.05) is 0 Å². The third kappa shape index (κ3) is 3.59. The first-order valence-corrected chi connectivity index (χ1v) is 6.17. The van der Waals surface area contributed by atoms with Crippen molar-refractivity contribution in [2.24, 2.45) is 17.3 Å². The largest absolute Gasteiger partial charge is 0.481 e. The monoisotopic (exact) mass is 254 g/mol. The lowest BCUT2D eigenvalue weighted by molar-refractivity contribution is -0.157. The second-order valence-electron chi connectivity index (χ2n) is 6.38. The zero-order valence-corrected chi connectivity index (χ0v) is 11.7. The van der Waals surface area contributed by atoms with Gasteiger partial charge < -0.3 is 9.84 Å². The van der Waals surface area contributed by atoms with Gasteiger partial charge in [0.2, 0.25) is 0 Å². The molecule has 1 N–H and O–H groups in total. The summed E-state index contributed by atoms with van der Waals surface area (Å²) >= 11 is 0. The lowest BCUT2D eigenvalue weighted by Gasteiger charge is -2.19. The lowest BCUT2D eigenvalue weighted by atomic mass is 10.1. The molecule has 0 bridgehead atoms. The summed E-state index contributed by atoms with van der Waals surface area (Å²) in [5, 5.41) is 8.56. The zero-order valence-electron chi connectivity index (χ0n) is 11.7. The average Bonchev–Trinajstić information content (AvgIpc) is 2.64. The van der Waals surface area contributed by atoms with Crippen molar-refractivity contribution in [3.63, 3.8) is 0 Å². The Hall–Kier alpha value is -1.32. The number of carbonyl (C=O) groups is 2. The SMILES string of the molecule is CC(C)(C)OC(=O)C1C(/C=C/CC(=O)O)C1(C)C. The summed E-state index contributed by atoms with van der Waals surface area (Å²) in [6.07, 6.45) is 3.43. The molecule has 1 aliphatic rings. The van der Waals surface area contributed by atoms with E-state index in [0.717, 1.165) is 0 Å². The number of hydrogen-bond donors (Lipinski definition) is 1. The number of ether oxygens (including phenoxy) is 1. The maximum Gasteiger partial charge on any atom is 0.310 e. The summed E-state index contributed by atoms with van der Waals surface area (Å²) in [7, 11) is 0. The van der Waals surface area contributed by atoms with Crippen molar-refractivity contribution < 1.29 is 19.4 Å². The first-order valence-electron chi connectivity index (χ1n) is 6.17. The molecule has 0 amide bonds. The molecule has 0 radical (unpaired) electrons. The minimum Gasteiger partial charge on any atom is -0.481 e. The quantitative estimate of drug-likeness (QED) is 0.618. The molecular formula is C14H22O4. The number of hydrogen-bond acceptors (Lipinski definition) is 3. The minimum atomic E-state index is -0.862. The number of carboxylic acids is 1. The maximum absolute atomic E-state index is 12.0. The van der Waals surface area contributed by atoms with Crippen LogP contribution in [0.1, 0.15) is 41.0 Å². The molecule has 1 aliphatic carbocycles. The summed E-state index contributed by atoms with van der Waals surface area (Å²) < 4.78 is 5.37. The number of rotatable bonds is 4. The highest BCUT2D eigenvalue weighted by Crippen LogP contribution is 2.59. The van der Waals surface area contributed by atoms with Gasteiger partial charge in [-0.25, -0.2) is 0 Å². The van der Waals surface area contributed by atoms with Gasteiger partial charge in [-0.15, -0.1) is 0 Å². The minimum absolute atomic E-state index is 0.00633. The lowest BCUT2D eigenvalue weighted by Crippen LogP contribution is -2.26. The van der Waals surface area contributed by atoms with E-state index in [1.54, 1.807) is 6.08 Å². The van der Waals surface area contributed by atoms with E-state index in [1.165, 1.54) is 0 Å². The molecule has 4 nitrogen and oxygen atoms in total. The Balaban J connectivity index is 2.61. The van der Waals surface area contributed by atoms with E-state index in [4.69, 9.17) is 9.84 Å². The smallest absolute Gasteiger partial charge is 0.310 e. The molecule has 2 atom stereocenters. The molecule has 1 saturated carbocycles. The topological polar surface area (TPSA) is 63.6 Å². The first-order chi connectivity index (χ1) is 8.05. The van der Waals surface area contributed by atoms with E-state index in [9.17, 15) is 9.59 Å². The number of aliphatic carboxylic acids is 1. The first kappa shape index (κ1) is 14.7. The van der Waals surface area contributed by atoms with Crippen molar-refractivity contribution in [1.82, 2.24) is 0 Å². The molecular weight excluding hydrogens is 232 g/mol. The standard InChI is InChI=1S/C14H22O4/c1-13(2,3)18-12(17)11-9(14(11,4)5)7-6-8-10(15)16/h6-7,9,11H,8H2,1-5H3,(H,15,16)/b7-6+. The average molecular weight is 254 g/mol. The Kier molecular flexibility index (Phi) is 3.89. The molecule has 0 saturated heterocycles. The Morgan fingerprint density at radius 1 is 1.33 bits per heavy atom. The van der Waals surface area contributed by atoms with Crippen LogP contribution in [0, 0.1) is 17.3 Å². The van der Waals surface area contributed by atoms with E-state index in [-0.39, 0.29) is 29.6 Å². The van der Waals surface area contributed by atoms with Crippen LogP contribution in [0.2, 0.25) is 0 Å². The van der Waals surface area contributed by atoms with Crippen molar-refractivity contribution in [2.45, 2.75) is 46.6 Å². The Morgan fingerprint density at radius 2 is 1.89 bits per heavy atom. The molecule has 0 aliphatic heterocycles. The summed E-state index contributed by atoms with van der Waals surface area (Å²) in [6, 6.07) is 0. The van der Waals surface area contributed by atoms with Crippen molar-refractivity contribution in [1.29, 1.82) is 0 Å². The van der Waals surface area contributed by atoms with Crippen LogP contribution >= 0.6 is 0 Å². The van der Waals surface area contributed by atoms with Crippen molar-refractivity contribution in [3.05, 3.63) is 12.2 Å². The fourth-order valence-electron chi connectivity index (χ4n) is 2.17. The predicted octanol–water partition coefficient (Wildman–Crippen LogP) is 2.63. The molecule has 1 rings (SSSR count). The van der Waals surface area contributed by atoms with Gasteiger partial charge in [-0.1, -0.05) is 26.0 Å². The number of allylic oxidation sites excluding steroid dienone is 1. The van der Waals surface area contributed by atoms with Gasteiger partial charge in [-0.2, -0.15) is 0 Å². The third-order valence-corrected chi connectivity index (χ3v) is 3.21. The highest BCUT2D eigenvalue weighted by Gasteiger charge is 2.61. The van der Waals surface area contributed by atoms with Crippen molar-refractivity contribution in [2.75, 3.05) is 0 Å². The van der Waals surface area contributed by atoms with Gasteiger partial charge in [0.15, 0.2) is 0 Å². The van der Waals surface area contributed by atoms with Gasteiger partial charge in [0.05, 0.1) is 12.3 Å². The molecule has 0 heterocycles. The molecule has 2 unspecified atom stereocenters. The summed E-state index contributed by atoms with van der Waals surface area (Å²) in [4.78, 5) is 22.4. The molecule has 0 aromatic rings. The predicted molar refractivity (Wildman–Crippen MR) is 68.0 cm³/mol. The fraction of sp³-hybridized carbons (Fsp3) is 0.714. The third-order valence-electron chi connectivity index (χ3n) is 3.21. The van der Waals surface area contributed by atoms with Crippen LogP contribution in [0.5, 0.6) is 0 Å². The highest BCUT2D eigenvalue weighted by atomic mass is 16.6. The Morgan fingerprint density at radius 3 is 2.33 bits per heavy atom. The van der Waals surface area contributed by atoms with Crippen LogP contribution in [0.25, 0.3) is 0 Å². The van der Waals surface area contributed by atoms with Crippen molar-refractivity contribution >= 4 is 11.9 Å². The molecule has 0 spiro atoms. The number of carbonyl (C=O) groups excluding carboxylic acids is 1. The molecule has 18 heavy (non-hydrogen) atoms. The van der Waals surface area contributed by atoms with Gasteiger partial charge in [0.1, 0.15) is 5.60 Å². The summed E-state index contributed by atoms with van der Waals surface area (Å²) in [6.45, 7) is 9.52. The van der Waals surface area contributed by atoms with Gasteiger partial charge in [-0.3, -0.25) is 9.59 Å². The van der Waals surface area contributed by atoms with Crippen LogP contribution < -0.4 is 0 Å². The zero-order chi connectivity index (χ0) is 14.1. The van der Waals surface area contributed by atoms with Crippen molar-refractivity contribution in [3.8, 4) is 0 Å². The fourth-order valence-corrected chi connectivity index (χ4v) is 2.17. The van der Waals surface area contributed by atoms with E-state index < -0.39 is 11.6 Å². The van der Waals surface area contributed by atoms with Crippen LogP contribution in [-0.4, -0.2) is 22.6 Å². The Bertz CT molecular complexity index is 374. The highest BCUT2D eigenvalue weighted by molar-refractivity contribution is 5.78. The maximum atomic E-state index is 12.0. The van der Waals surface area contributed by atoms with E-state index >= 15 is 0 Å². The van der Waals surface area contributed by atoms with E-state index in [2.05, 4.69) is 0 Å². The molecule has 1 fully saturated rings. The molecule has 0 aromatic heterocycles. The van der Waals surface area contributed by atoms with Crippen LogP contribution in [0.4, 0.5) is 0 Å². The van der Waals surface area contributed by atoms with Crippen LogP contribution in [-0.2, 0) is 14.3 Å². The Labute approximate surface area is 108 Å². The summed E-state index contributed by atoms with van der Waals surface area (Å²) in [5.74, 6) is -1.15.